The summed E-state index contributed by atoms with van der Waals surface area (Å²) in [5, 5.41) is 12.1. The molecule has 2 N–H and O–H groups in total. The second kappa shape index (κ2) is 17.3. The maximum atomic E-state index is 12.8. The SMILES string of the molecule is CCOC(Cc1ccc(OCCN(CCOCCCC(F)(F)F)C(=O)NCCc2ccccc2)cc1)C(=O)O. The molecule has 39 heavy (non-hydrogen) atoms. The van der Waals surface area contributed by atoms with Crippen LogP contribution in [-0.2, 0) is 27.1 Å². The summed E-state index contributed by atoms with van der Waals surface area (Å²) in [6, 6.07) is 16.3. The molecule has 0 spiro atoms. The van der Waals surface area contributed by atoms with Crippen molar-refractivity contribution in [2.24, 2.45) is 0 Å². The summed E-state index contributed by atoms with van der Waals surface area (Å²) in [7, 11) is 0. The van der Waals surface area contributed by atoms with Crippen LogP contribution in [0.15, 0.2) is 54.6 Å². The third-order valence-electron chi connectivity index (χ3n) is 5.69. The quantitative estimate of drug-likeness (QED) is 0.259. The molecule has 0 saturated heterocycles. The van der Waals surface area contributed by atoms with Crippen LogP contribution >= 0.6 is 0 Å². The number of carbonyl (C=O) groups excluding carboxylic acids is 1. The molecule has 0 saturated carbocycles. The fourth-order valence-electron chi connectivity index (χ4n) is 3.66. The normalized spacial score (nSPS) is 12.1. The number of carboxylic acids is 1. The Hall–Kier alpha value is -3.31. The minimum Gasteiger partial charge on any atom is -0.492 e. The number of ether oxygens (including phenoxy) is 3. The van der Waals surface area contributed by atoms with Crippen molar-refractivity contribution in [3.63, 3.8) is 0 Å². The van der Waals surface area contributed by atoms with Gasteiger partial charge < -0.3 is 29.5 Å². The summed E-state index contributed by atoms with van der Waals surface area (Å²) in [5.41, 5.74) is 1.87. The Morgan fingerprint density at radius 2 is 1.67 bits per heavy atom. The van der Waals surface area contributed by atoms with Crippen LogP contribution in [0.1, 0.15) is 30.9 Å². The lowest BCUT2D eigenvalue weighted by atomic mass is 10.1. The molecular weight excluding hydrogens is 517 g/mol. The molecule has 0 aliphatic heterocycles. The number of aliphatic carboxylic acids is 1. The summed E-state index contributed by atoms with van der Waals surface area (Å²) in [6.45, 7) is 3.12. The Labute approximate surface area is 227 Å². The number of nitrogens with one attached hydrogen (secondary N) is 1. The average molecular weight is 555 g/mol. The molecule has 2 aromatic rings. The number of benzene rings is 2. The van der Waals surface area contributed by atoms with Crippen LogP contribution < -0.4 is 10.1 Å². The smallest absolute Gasteiger partial charge is 0.389 e. The molecule has 2 amide bonds. The second-order valence-electron chi connectivity index (χ2n) is 8.76. The first-order valence-electron chi connectivity index (χ1n) is 12.9. The second-order valence-corrected chi connectivity index (χ2v) is 8.76. The highest BCUT2D eigenvalue weighted by Crippen LogP contribution is 2.21. The Morgan fingerprint density at radius 1 is 0.974 bits per heavy atom. The molecular formula is C28H37F3N2O6. The van der Waals surface area contributed by atoms with Crippen LogP contribution in [0.25, 0.3) is 0 Å². The lowest BCUT2D eigenvalue weighted by Gasteiger charge is -2.23. The summed E-state index contributed by atoms with van der Waals surface area (Å²) < 4.78 is 53.2. The molecule has 0 aliphatic rings. The molecule has 0 radical (unpaired) electrons. The van der Waals surface area contributed by atoms with Crippen molar-refractivity contribution in [1.29, 1.82) is 0 Å². The van der Waals surface area contributed by atoms with E-state index in [1.165, 1.54) is 4.90 Å². The minimum atomic E-state index is -4.22. The average Bonchev–Trinajstić information content (AvgIpc) is 2.90. The van der Waals surface area contributed by atoms with E-state index in [-0.39, 0.29) is 51.8 Å². The van der Waals surface area contributed by atoms with Crippen molar-refractivity contribution in [2.45, 2.75) is 44.9 Å². The first-order chi connectivity index (χ1) is 18.7. The number of hydrogen-bond acceptors (Lipinski definition) is 5. The molecule has 1 unspecified atom stereocenters. The minimum absolute atomic E-state index is 0.0438. The van der Waals surface area contributed by atoms with Gasteiger partial charge in [0.2, 0.25) is 0 Å². The van der Waals surface area contributed by atoms with E-state index in [0.717, 1.165) is 11.1 Å². The van der Waals surface area contributed by atoms with E-state index >= 15 is 0 Å². The number of carboxylic acid groups (broad SMARTS) is 1. The number of alkyl halides is 3. The summed E-state index contributed by atoms with van der Waals surface area (Å²) in [6.07, 6.45) is -5.31. The molecule has 0 aliphatic carbocycles. The molecule has 0 fully saturated rings. The van der Waals surface area contributed by atoms with Crippen LogP contribution in [0, 0.1) is 0 Å². The maximum absolute atomic E-state index is 12.8. The predicted molar refractivity (Wildman–Crippen MR) is 140 cm³/mol. The van der Waals surface area contributed by atoms with Gasteiger partial charge in [-0.1, -0.05) is 42.5 Å². The predicted octanol–water partition coefficient (Wildman–Crippen LogP) is 4.71. The van der Waals surface area contributed by atoms with Gasteiger partial charge in [0.1, 0.15) is 12.4 Å². The van der Waals surface area contributed by atoms with Gasteiger partial charge in [0, 0.05) is 39.1 Å². The van der Waals surface area contributed by atoms with Crippen LogP contribution in [-0.4, -0.2) is 80.3 Å². The summed E-state index contributed by atoms with van der Waals surface area (Å²) in [4.78, 5) is 25.6. The molecule has 216 valence electrons. The van der Waals surface area contributed by atoms with Gasteiger partial charge in [-0.2, -0.15) is 13.2 Å². The largest absolute Gasteiger partial charge is 0.492 e. The van der Waals surface area contributed by atoms with E-state index in [4.69, 9.17) is 14.2 Å². The number of halogens is 3. The Balaban J connectivity index is 1.84. The Kier molecular flexibility index (Phi) is 14.2. The van der Waals surface area contributed by atoms with E-state index in [1.807, 2.05) is 30.3 Å². The first-order valence-corrected chi connectivity index (χ1v) is 12.9. The zero-order valence-corrected chi connectivity index (χ0v) is 22.1. The lowest BCUT2D eigenvalue weighted by Crippen LogP contribution is -2.44. The summed E-state index contributed by atoms with van der Waals surface area (Å²) in [5.74, 6) is -0.474. The van der Waals surface area contributed by atoms with Crippen molar-refractivity contribution in [3.8, 4) is 5.75 Å². The molecule has 8 nitrogen and oxygen atoms in total. The molecule has 11 heteroatoms. The molecule has 2 rings (SSSR count). The van der Waals surface area contributed by atoms with Gasteiger partial charge in [0.15, 0.2) is 6.10 Å². The molecule has 0 bridgehead atoms. The fraction of sp³-hybridized carbons (Fsp3) is 0.500. The number of hydrogen-bond donors (Lipinski definition) is 2. The van der Waals surface area contributed by atoms with Crippen LogP contribution in [0.5, 0.6) is 5.75 Å². The zero-order chi connectivity index (χ0) is 28.5. The monoisotopic (exact) mass is 554 g/mol. The number of amides is 2. The topological polar surface area (TPSA) is 97.3 Å². The number of carbonyl (C=O) groups is 2. The Morgan fingerprint density at radius 3 is 2.31 bits per heavy atom. The number of rotatable bonds is 18. The highest BCUT2D eigenvalue weighted by atomic mass is 19.4. The van der Waals surface area contributed by atoms with E-state index in [1.54, 1.807) is 31.2 Å². The molecule has 0 aromatic heterocycles. The van der Waals surface area contributed by atoms with Crippen molar-refractivity contribution in [3.05, 3.63) is 65.7 Å². The van der Waals surface area contributed by atoms with Gasteiger partial charge in [-0.15, -0.1) is 0 Å². The van der Waals surface area contributed by atoms with E-state index < -0.39 is 24.7 Å². The number of nitrogens with zero attached hydrogens (tertiary/aromatic N) is 1. The van der Waals surface area contributed by atoms with Crippen LogP contribution in [0.3, 0.4) is 0 Å². The third-order valence-corrected chi connectivity index (χ3v) is 5.69. The van der Waals surface area contributed by atoms with Crippen LogP contribution in [0.2, 0.25) is 0 Å². The van der Waals surface area contributed by atoms with Crippen LogP contribution in [0.4, 0.5) is 18.0 Å². The molecule has 2 aromatic carbocycles. The van der Waals surface area contributed by atoms with Crippen molar-refractivity contribution < 1.29 is 42.1 Å². The van der Waals surface area contributed by atoms with E-state index in [9.17, 15) is 27.9 Å². The third kappa shape index (κ3) is 13.9. The lowest BCUT2D eigenvalue weighted by molar-refractivity contribution is -0.150. The fourth-order valence-corrected chi connectivity index (χ4v) is 3.66. The highest BCUT2D eigenvalue weighted by molar-refractivity contribution is 5.74. The van der Waals surface area contributed by atoms with E-state index in [2.05, 4.69) is 5.32 Å². The van der Waals surface area contributed by atoms with Gasteiger partial charge in [0.25, 0.3) is 0 Å². The van der Waals surface area contributed by atoms with Gasteiger partial charge in [-0.05, 0) is 43.0 Å². The highest BCUT2D eigenvalue weighted by Gasteiger charge is 2.26. The Bertz CT molecular complexity index is 974. The zero-order valence-electron chi connectivity index (χ0n) is 22.1. The van der Waals surface area contributed by atoms with E-state index in [0.29, 0.717) is 25.3 Å². The van der Waals surface area contributed by atoms with Crippen molar-refractivity contribution in [1.82, 2.24) is 10.2 Å². The van der Waals surface area contributed by atoms with Crippen molar-refractivity contribution >= 4 is 12.0 Å². The summed E-state index contributed by atoms with van der Waals surface area (Å²) >= 11 is 0. The number of urea groups is 1. The molecule has 1 atom stereocenters. The maximum Gasteiger partial charge on any atom is 0.389 e. The van der Waals surface area contributed by atoms with Gasteiger partial charge >= 0.3 is 18.2 Å². The first kappa shape index (κ1) is 31.9. The van der Waals surface area contributed by atoms with Crippen molar-refractivity contribution in [2.75, 3.05) is 46.1 Å². The molecule has 0 heterocycles. The van der Waals surface area contributed by atoms with Gasteiger partial charge in [-0.3, -0.25) is 0 Å². The van der Waals surface area contributed by atoms with Gasteiger partial charge in [-0.25, -0.2) is 9.59 Å². The van der Waals surface area contributed by atoms with Gasteiger partial charge in [0.05, 0.1) is 13.2 Å². The standard InChI is InChI=1S/C28H37F3N2O6/c1-2-38-25(26(34)35)21-23-9-11-24(12-10-23)39-20-17-33(16-19-37-18-6-14-28(29,30)31)27(36)32-15-13-22-7-4-3-5-8-22/h3-5,7-12,25H,2,6,13-21H2,1H3,(H,32,36)(H,34,35).